The minimum atomic E-state index is -0.281. The van der Waals surface area contributed by atoms with Crippen molar-refractivity contribution < 1.29 is 4.79 Å². The number of aryl methyl sites for hydroxylation is 1. The van der Waals surface area contributed by atoms with Crippen LogP contribution in [0, 0.1) is 12.8 Å². The Bertz CT molecular complexity index is 465. The summed E-state index contributed by atoms with van der Waals surface area (Å²) in [4.78, 5) is 26.5. The Labute approximate surface area is 114 Å². The summed E-state index contributed by atoms with van der Waals surface area (Å²) in [5.74, 6) is 0.213. The van der Waals surface area contributed by atoms with Crippen molar-refractivity contribution in [1.82, 2.24) is 10.3 Å². The standard InChI is InChI=1S/C15H24N2O2/c1-4-6-7-12(5-2)9-17-15(19)13-10-16-11(3)8-14(13)18/h8,10,12H,4-7,9H2,1-3H3,(H,16,18)(H,17,19). The van der Waals surface area contributed by atoms with Gasteiger partial charge >= 0.3 is 0 Å². The van der Waals surface area contributed by atoms with Gasteiger partial charge in [-0.3, -0.25) is 9.59 Å². The van der Waals surface area contributed by atoms with E-state index in [-0.39, 0.29) is 16.9 Å². The van der Waals surface area contributed by atoms with Crippen molar-refractivity contribution in [3.8, 4) is 0 Å². The monoisotopic (exact) mass is 264 g/mol. The molecule has 0 bridgehead atoms. The molecule has 1 rings (SSSR count). The normalized spacial score (nSPS) is 12.2. The second-order valence-corrected chi connectivity index (χ2v) is 5.02. The Balaban J connectivity index is 2.57. The molecule has 0 fully saturated rings. The zero-order valence-corrected chi connectivity index (χ0v) is 12.1. The van der Waals surface area contributed by atoms with Crippen LogP contribution in [0.2, 0.25) is 0 Å². The van der Waals surface area contributed by atoms with Crippen LogP contribution >= 0.6 is 0 Å². The summed E-state index contributed by atoms with van der Waals surface area (Å²) in [6.07, 6.45) is 6.00. The Hall–Kier alpha value is -1.58. The summed E-state index contributed by atoms with van der Waals surface area (Å²) in [6, 6.07) is 1.45. The van der Waals surface area contributed by atoms with E-state index in [0.29, 0.717) is 12.5 Å². The van der Waals surface area contributed by atoms with E-state index in [2.05, 4.69) is 24.1 Å². The molecule has 1 amide bonds. The number of pyridine rings is 1. The maximum atomic E-state index is 11.9. The SMILES string of the molecule is CCCCC(CC)CNC(=O)c1c[nH]c(C)cc1=O. The first-order valence-electron chi connectivity index (χ1n) is 7.06. The Kier molecular flexibility index (Phi) is 6.33. The number of hydrogen-bond acceptors (Lipinski definition) is 2. The van der Waals surface area contributed by atoms with Gasteiger partial charge in [-0.05, 0) is 19.3 Å². The fourth-order valence-corrected chi connectivity index (χ4v) is 2.03. The van der Waals surface area contributed by atoms with Crippen molar-refractivity contribution in [3.05, 3.63) is 33.7 Å². The molecule has 0 aliphatic rings. The minimum absolute atomic E-state index is 0.191. The van der Waals surface area contributed by atoms with Crippen molar-refractivity contribution >= 4 is 5.91 Å². The van der Waals surface area contributed by atoms with Crippen molar-refractivity contribution in [2.45, 2.75) is 46.5 Å². The van der Waals surface area contributed by atoms with Gasteiger partial charge in [0.25, 0.3) is 5.91 Å². The largest absolute Gasteiger partial charge is 0.364 e. The fourth-order valence-electron chi connectivity index (χ4n) is 2.03. The number of aromatic nitrogens is 1. The molecule has 4 heteroatoms. The van der Waals surface area contributed by atoms with Gasteiger partial charge in [0.2, 0.25) is 0 Å². The molecule has 0 spiro atoms. The van der Waals surface area contributed by atoms with E-state index in [9.17, 15) is 9.59 Å². The molecular weight excluding hydrogens is 240 g/mol. The first kappa shape index (κ1) is 15.5. The Morgan fingerprint density at radius 1 is 1.42 bits per heavy atom. The third kappa shape index (κ3) is 4.89. The third-order valence-electron chi connectivity index (χ3n) is 3.40. The van der Waals surface area contributed by atoms with Crippen molar-refractivity contribution in [1.29, 1.82) is 0 Å². The highest BCUT2D eigenvalue weighted by atomic mass is 16.2. The molecule has 1 atom stereocenters. The zero-order chi connectivity index (χ0) is 14.3. The number of unbranched alkanes of at least 4 members (excludes halogenated alkanes) is 1. The molecule has 19 heavy (non-hydrogen) atoms. The van der Waals surface area contributed by atoms with E-state index in [1.807, 2.05) is 0 Å². The number of H-pyrrole nitrogens is 1. The van der Waals surface area contributed by atoms with Gasteiger partial charge in [0.1, 0.15) is 5.56 Å². The van der Waals surface area contributed by atoms with Crippen LogP contribution in [0.1, 0.15) is 55.6 Å². The number of aromatic amines is 1. The summed E-state index contributed by atoms with van der Waals surface area (Å²) in [6.45, 7) is 6.73. The van der Waals surface area contributed by atoms with E-state index in [4.69, 9.17) is 0 Å². The van der Waals surface area contributed by atoms with Crippen LogP contribution in [0.25, 0.3) is 0 Å². The van der Waals surface area contributed by atoms with Crippen molar-refractivity contribution in [2.75, 3.05) is 6.54 Å². The average molecular weight is 264 g/mol. The maximum Gasteiger partial charge on any atom is 0.256 e. The van der Waals surface area contributed by atoms with Crippen molar-refractivity contribution in [3.63, 3.8) is 0 Å². The molecule has 1 aromatic heterocycles. The number of nitrogens with one attached hydrogen (secondary N) is 2. The molecule has 0 aromatic carbocycles. The average Bonchev–Trinajstić information content (AvgIpc) is 2.38. The smallest absolute Gasteiger partial charge is 0.256 e. The first-order valence-corrected chi connectivity index (χ1v) is 7.06. The molecule has 0 radical (unpaired) electrons. The molecule has 1 aromatic rings. The van der Waals surface area contributed by atoms with Gasteiger partial charge in [0, 0.05) is 24.5 Å². The van der Waals surface area contributed by atoms with Crippen LogP contribution in [0.4, 0.5) is 0 Å². The van der Waals surface area contributed by atoms with E-state index < -0.39 is 0 Å². The number of hydrogen-bond donors (Lipinski definition) is 2. The van der Waals surface area contributed by atoms with E-state index >= 15 is 0 Å². The molecule has 2 N–H and O–H groups in total. The molecule has 0 saturated heterocycles. The lowest BCUT2D eigenvalue weighted by Gasteiger charge is -2.15. The minimum Gasteiger partial charge on any atom is -0.364 e. The van der Waals surface area contributed by atoms with Crippen molar-refractivity contribution in [2.24, 2.45) is 5.92 Å². The highest BCUT2D eigenvalue weighted by Gasteiger charge is 2.12. The molecule has 106 valence electrons. The molecular formula is C15H24N2O2. The van der Waals surface area contributed by atoms with Crippen LogP contribution in [-0.2, 0) is 0 Å². The van der Waals surface area contributed by atoms with Gasteiger partial charge in [-0.15, -0.1) is 0 Å². The topological polar surface area (TPSA) is 62.0 Å². The maximum absolute atomic E-state index is 11.9. The van der Waals surface area contributed by atoms with Gasteiger partial charge in [-0.2, -0.15) is 0 Å². The highest BCUT2D eigenvalue weighted by molar-refractivity contribution is 5.93. The summed E-state index contributed by atoms with van der Waals surface area (Å²) >= 11 is 0. The molecule has 1 heterocycles. The zero-order valence-electron chi connectivity index (χ0n) is 12.1. The lowest BCUT2D eigenvalue weighted by atomic mass is 9.99. The molecule has 0 aliphatic carbocycles. The lowest BCUT2D eigenvalue weighted by molar-refractivity contribution is 0.0944. The summed E-state index contributed by atoms with van der Waals surface area (Å²) in [5, 5.41) is 2.86. The van der Waals surface area contributed by atoms with Gasteiger partial charge in [0.05, 0.1) is 0 Å². The summed E-state index contributed by atoms with van der Waals surface area (Å²) in [7, 11) is 0. The second-order valence-electron chi connectivity index (χ2n) is 5.02. The highest BCUT2D eigenvalue weighted by Crippen LogP contribution is 2.11. The molecule has 0 saturated carbocycles. The number of amides is 1. The number of rotatable bonds is 7. The van der Waals surface area contributed by atoms with Gasteiger partial charge in [-0.1, -0.05) is 33.1 Å². The van der Waals surface area contributed by atoms with Crippen LogP contribution in [-0.4, -0.2) is 17.4 Å². The van der Waals surface area contributed by atoms with Crippen LogP contribution < -0.4 is 10.7 Å². The third-order valence-corrected chi connectivity index (χ3v) is 3.40. The molecule has 1 unspecified atom stereocenters. The fraction of sp³-hybridized carbons (Fsp3) is 0.600. The quantitative estimate of drug-likeness (QED) is 0.795. The Morgan fingerprint density at radius 2 is 2.16 bits per heavy atom. The van der Waals surface area contributed by atoms with Gasteiger partial charge < -0.3 is 10.3 Å². The van der Waals surface area contributed by atoms with Gasteiger partial charge in [-0.25, -0.2) is 0 Å². The van der Waals surface area contributed by atoms with E-state index in [1.165, 1.54) is 25.1 Å². The van der Waals surface area contributed by atoms with E-state index in [1.54, 1.807) is 6.92 Å². The molecule has 4 nitrogen and oxygen atoms in total. The second kappa shape index (κ2) is 7.77. The predicted molar refractivity (Wildman–Crippen MR) is 77.4 cm³/mol. The van der Waals surface area contributed by atoms with Crippen LogP contribution in [0.3, 0.4) is 0 Å². The summed E-state index contributed by atoms with van der Waals surface area (Å²) in [5.41, 5.74) is 0.724. The van der Waals surface area contributed by atoms with E-state index in [0.717, 1.165) is 18.5 Å². The number of carbonyl (C=O) groups excluding carboxylic acids is 1. The van der Waals surface area contributed by atoms with Crippen LogP contribution in [0.5, 0.6) is 0 Å². The molecule has 0 aliphatic heterocycles. The Morgan fingerprint density at radius 3 is 2.74 bits per heavy atom. The van der Waals surface area contributed by atoms with Gasteiger partial charge in [0.15, 0.2) is 5.43 Å². The van der Waals surface area contributed by atoms with Crippen LogP contribution in [0.15, 0.2) is 17.1 Å². The summed E-state index contributed by atoms with van der Waals surface area (Å²) < 4.78 is 0. The lowest BCUT2D eigenvalue weighted by Crippen LogP contribution is -2.32. The number of carbonyl (C=O) groups is 1. The first-order chi connectivity index (χ1) is 9.08. The predicted octanol–water partition coefficient (Wildman–Crippen LogP) is 2.63.